The van der Waals surface area contributed by atoms with Crippen molar-refractivity contribution in [1.82, 2.24) is 18.9 Å². The molecule has 1 aliphatic carbocycles. The molecule has 1 aromatic carbocycles. The zero-order valence-electron chi connectivity index (χ0n) is 19.7. The van der Waals surface area contributed by atoms with Crippen molar-refractivity contribution >= 4 is 22.7 Å². The molecule has 1 saturated heterocycles. The number of piperazine rings is 1. The molecule has 0 radical (unpaired) electrons. The monoisotopic (exact) mass is 454 g/mol. The number of benzene rings is 1. The number of aryl methyl sites for hydroxylation is 1. The van der Waals surface area contributed by atoms with Crippen LogP contribution in [-0.4, -0.2) is 56.9 Å². The molecule has 8 heteroatoms. The maximum absolute atomic E-state index is 13.0. The summed E-state index contributed by atoms with van der Waals surface area (Å²) in [7, 11) is 1.70. The Bertz CT molecular complexity index is 1140. The first-order chi connectivity index (χ1) is 15.9. The number of hydrogen-bond donors (Lipinski definition) is 0. The van der Waals surface area contributed by atoms with Crippen molar-refractivity contribution in [2.75, 3.05) is 26.2 Å². The normalized spacial score (nSPS) is 21.4. The van der Waals surface area contributed by atoms with Crippen molar-refractivity contribution in [3.05, 3.63) is 45.1 Å². The van der Waals surface area contributed by atoms with Gasteiger partial charge < -0.3 is 9.80 Å². The molecule has 178 valence electrons. The molecular weight excluding hydrogens is 420 g/mol. The summed E-state index contributed by atoms with van der Waals surface area (Å²) < 4.78 is 2.90. The third-order valence-electron chi connectivity index (χ3n) is 7.30. The van der Waals surface area contributed by atoms with E-state index in [1.165, 1.54) is 9.13 Å². The van der Waals surface area contributed by atoms with E-state index in [4.69, 9.17) is 0 Å². The molecule has 4 rings (SSSR count). The van der Waals surface area contributed by atoms with Crippen molar-refractivity contribution in [3.8, 4) is 0 Å². The fourth-order valence-corrected chi connectivity index (χ4v) is 5.28. The molecule has 1 saturated carbocycles. The minimum atomic E-state index is -0.285. The van der Waals surface area contributed by atoms with Gasteiger partial charge in [-0.15, -0.1) is 0 Å². The first kappa shape index (κ1) is 23.3. The largest absolute Gasteiger partial charge is 0.339 e. The van der Waals surface area contributed by atoms with Gasteiger partial charge in [-0.25, -0.2) is 4.79 Å². The Balaban J connectivity index is 1.35. The first-order valence-corrected chi connectivity index (χ1v) is 12.2. The first-order valence-electron chi connectivity index (χ1n) is 12.2. The van der Waals surface area contributed by atoms with Crippen LogP contribution in [0.5, 0.6) is 0 Å². The van der Waals surface area contributed by atoms with E-state index in [0.29, 0.717) is 50.0 Å². The molecule has 0 spiro atoms. The van der Waals surface area contributed by atoms with Crippen molar-refractivity contribution in [2.24, 2.45) is 18.9 Å². The molecule has 0 unspecified atom stereocenters. The average molecular weight is 455 g/mol. The number of nitrogens with zero attached hydrogens (tertiary/aromatic N) is 4. The molecule has 2 fully saturated rings. The number of aromatic nitrogens is 2. The average Bonchev–Trinajstić information content (AvgIpc) is 2.85. The van der Waals surface area contributed by atoms with E-state index in [1.807, 2.05) is 28.9 Å². The Morgan fingerprint density at radius 1 is 0.939 bits per heavy atom. The summed E-state index contributed by atoms with van der Waals surface area (Å²) >= 11 is 0. The number of para-hydroxylation sites is 1. The molecule has 1 aliphatic heterocycles. The lowest BCUT2D eigenvalue weighted by atomic mass is 9.81. The van der Waals surface area contributed by atoms with E-state index in [2.05, 4.69) is 0 Å². The molecule has 8 nitrogen and oxygen atoms in total. The van der Waals surface area contributed by atoms with E-state index in [1.54, 1.807) is 19.2 Å². The van der Waals surface area contributed by atoms with E-state index in [0.717, 1.165) is 32.1 Å². The molecule has 0 atom stereocenters. The predicted molar refractivity (Wildman–Crippen MR) is 127 cm³/mol. The van der Waals surface area contributed by atoms with Crippen LogP contribution in [0.25, 0.3) is 10.9 Å². The second-order valence-electron chi connectivity index (χ2n) is 9.45. The number of carbonyl (C=O) groups excluding carboxylic acids is 2. The molecule has 33 heavy (non-hydrogen) atoms. The van der Waals surface area contributed by atoms with Crippen LogP contribution in [0.4, 0.5) is 0 Å². The van der Waals surface area contributed by atoms with Crippen molar-refractivity contribution in [2.45, 2.75) is 52.0 Å². The molecule has 1 aromatic heterocycles. The molecule has 0 N–H and O–H groups in total. The Morgan fingerprint density at radius 3 is 2.24 bits per heavy atom. The molecule has 2 amide bonds. The number of rotatable bonds is 5. The maximum atomic E-state index is 13.0. The van der Waals surface area contributed by atoms with Crippen molar-refractivity contribution in [3.63, 3.8) is 0 Å². The van der Waals surface area contributed by atoms with Gasteiger partial charge in [0.05, 0.1) is 10.9 Å². The summed E-state index contributed by atoms with van der Waals surface area (Å²) in [6.45, 7) is 4.85. The van der Waals surface area contributed by atoms with Gasteiger partial charge >= 0.3 is 5.69 Å². The summed E-state index contributed by atoms with van der Waals surface area (Å²) in [5.74, 6) is 0.578. The third-order valence-corrected chi connectivity index (χ3v) is 7.30. The van der Waals surface area contributed by atoms with Gasteiger partial charge in [0.2, 0.25) is 11.8 Å². The third kappa shape index (κ3) is 4.75. The van der Waals surface area contributed by atoms with Crippen LogP contribution in [0.15, 0.2) is 33.9 Å². The van der Waals surface area contributed by atoms with Crippen LogP contribution in [-0.2, 0) is 23.2 Å². The number of carbonyl (C=O) groups is 2. The van der Waals surface area contributed by atoms with Crippen molar-refractivity contribution < 1.29 is 9.59 Å². The molecule has 0 bridgehead atoms. The number of fused-ring (bicyclic) bond motifs is 1. The van der Waals surface area contributed by atoms with Crippen LogP contribution in [0, 0.1) is 11.8 Å². The van der Waals surface area contributed by atoms with Gasteiger partial charge in [0.1, 0.15) is 0 Å². The second-order valence-corrected chi connectivity index (χ2v) is 9.45. The summed E-state index contributed by atoms with van der Waals surface area (Å²) in [6, 6.07) is 7.19. The minimum absolute atomic E-state index is 0.00435. The van der Waals surface area contributed by atoms with Crippen LogP contribution in [0.2, 0.25) is 0 Å². The van der Waals surface area contributed by atoms with Gasteiger partial charge in [-0.3, -0.25) is 23.5 Å². The smallest absolute Gasteiger partial charge is 0.331 e. The maximum Gasteiger partial charge on any atom is 0.331 e. The van der Waals surface area contributed by atoms with Crippen LogP contribution in [0.1, 0.15) is 45.4 Å². The summed E-state index contributed by atoms with van der Waals surface area (Å²) in [6.07, 6.45) is 4.63. The molecular formula is C25H34N4O4. The number of amides is 2. The van der Waals surface area contributed by atoms with E-state index >= 15 is 0 Å². The highest BCUT2D eigenvalue weighted by atomic mass is 16.2. The van der Waals surface area contributed by atoms with Gasteiger partial charge in [0.25, 0.3) is 5.56 Å². The van der Waals surface area contributed by atoms with Crippen LogP contribution < -0.4 is 11.2 Å². The van der Waals surface area contributed by atoms with E-state index in [-0.39, 0.29) is 34.9 Å². The highest BCUT2D eigenvalue weighted by molar-refractivity contribution is 5.80. The van der Waals surface area contributed by atoms with Gasteiger partial charge in [0.15, 0.2) is 0 Å². The van der Waals surface area contributed by atoms with Crippen LogP contribution in [0.3, 0.4) is 0 Å². The van der Waals surface area contributed by atoms with Crippen molar-refractivity contribution in [1.29, 1.82) is 0 Å². The molecule has 2 aliphatic rings. The SMILES string of the molecule is CCCC(=O)N1CCN(C(=O)C2CCC(Cn3c(=O)c4ccccc4n(C)c3=O)CC2)CC1. The summed E-state index contributed by atoms with van der Waals surface area (Å²) in [5, 5.41) is 0.556. The highest BCUT2D eigenvalue weighted by Crippen LogP contribution is 2.31. The summed E-state index contributed by atoms with van der Waals surface area (Å²) in [4.78, 5) is 54.6. The Labute approximate surface area is 193 Å². The Hall–Kier alpha value is -2.90. The van der Waals surface area contributed by atoms with Gasteiger partial charge in [-0.05, 0) is 50.2 Å². The minimum Gasteiger partial charge on any atom is -0.339 e. The van der Waals surface area contributed by atoms with Gasteiger partial charge in [0, 0.05) is 52.1 Å². The lowest BCUT2D eigenvalue weighted by molar-refractivity contribution is -0.143. The van der Waals surface area contributed by atoms with Crippen LogP contribution >= 0.6 is 0 Å². The Kier molecular flexibility index (Phi) is 7.00. The topological polar surface area (TPSA) is 84.6 Å². The standard InChI is InChI=1S/C25H34N4O4/c1-3-6-22(30)27-13-15-28(16-14-27)23(31)19-11-9-18(10-12-19)17-29-24(32)20-7-4-5-8-21(20)26(2)25(29)33/h4-5,7-8,18-19H,3,6,9-17H2,1-2H3. The fraction of sp³-hybridized carbons (Fsp3) is 0.600. The highest BCUT2D eigenvalue weighted by Gasteiger charge is 2.32. The summed E-state index contributed by atoms with van der Waals surface area (Å²) in [5.41, 5.74) is 0.129. The molecule has 2 aromatic rings. The van der Waals surface area contributed by atoms with E-state index in [9.17, 15) is 19.2 Å². The lowest BCUT2D eigenvalue weighted by Gasteiger charge is -2.38. The second kappa shape index (κ2) is 9.93. The molecule has 2 heterocycles. The van der Waals surface area contributed by atoms with E-state index < -0.39 is 0 Å². The number of hydrogen-bond acceptors (Lipinski definition) is 4. The fourth-order valence-electron chi connectivity index (χ4n) is 5.28. The quantitative estimate of drug-likeness (QED) is 0.692. The van der Waals surface area contributed by atoms with Gasteiger partial charge in [-0.2, -0.15) is 0 Å². The Morgan fingerprint density at radius 2 is 1.58 bits per heavy atom. The zero-order valence-corrected chi connectivity index (χ0v) is 19.7. The van der Waals surface area contributed by atoms with Gasteiger partial charge in [-0.1, -0.05) is 19.1 Å². The zero-order chi connectivity index (χ0) is 23.5. The predicted octanol–water partition coefficient (Wildman–Crippen LogP) is 1.98. The lowest BCUT2D eigenvalue weighted by Crippen LogP contribution is -2.52.